The first-order chi connectivity index (χ1) is 13.3. The number of aliphatic hydroxyl groups is 3. The molecule has 0 amide bonds. The Bertz CT molecular complexity index is 454. The van der Waals surface area contributed by atoms with Crippen LogP contribution < -0.4 is 0 Å². The van der Waals surface area contributed by atoms with Crippen LogP contribution in [-0.4, -0.2) is 33.6 Å². The average molecular weight is 395 g/mol. The molecule has 3 N–H and O–H groups in total. The Morgan fingerprint density at radius 3 is 1.32 bits per heavy atom. The van der Waals surface area contributed by atoms with Gasteiger partial charge in [-0.25, -0.2) is 0 Å². The van der Waals surface area contributed by atoms with Gasteiger partial charge < -0.3 is 15.3 Å². The van der Waals surface area contributed by atoms with Crippen LogP contribution in [0.2, 0.25) is 0 Å². The van der Waals surface area contributed by atoms with E-state index in [0.29, 0.717) is 47.3 Å². The number of rotatable bonds is 5. The highest BCUT2D eigenvalue weighted by atomic mass is 16.3. The fourth-order valence-corrected chi connectivity index (χ4v) is 7.06. The highest BCUT2D eigenvalue weighted by molar-refractivity contribution is 4.93. The lowest BCUT2D eigenvalue weighted by Crippen LogP contribution is -2.44. The van der Waals surface area contributed by atoms with E-state index in [9.17, 15) is 15.3 Å². The number of hydrogen-bond acceptors (Lipinski definition) is 3. The van der Waals surface area contributed by atoms with Crippen LogP contribution in [0.4, 0.5) is 0 Å². The number of aliphatic hydroxyl groups excluding tert-OH is 3. The zero-order valence-corrected chi connectivity index (χ0v) is 18.8. The van der Waals surface area contributed by atoms with Gasteiger partial charge in [0.25, 0.3) is 0 Å². The Labute approximate surface area is 173 Å². The number of hydrogen-bond donors (Lipinski definition) is 3. The molecule has 164 valence electrons. The fourth-order valence-electron chi connectivity index (χ4n) is 7.06. The summed E-state index contributed by atoms with van der Waals surface area (Å²) >= 11 is 0. The van der Waals surface area contributed by atoms with Crippen molar-refractivity contribution < 1.29 is 15.3 Å². The molecular formula is C25H46O3. The molecule has 0 aromatic rings. The van der Waals surface area contributed by atoms with E-state index in [1.807, 2.05) is 0 Å². The fraction of sp³-hybridized carbons (Fsp3) is 1.00. The maximum atomic E-state index is 11.0. The van der Waals surface area contributed by atoms with E-state index in [-0.39, 0.29) is 18.3 Å². The largest absolute Gasteiger partial charge is 0.393 e. The average Bonchev–Trinajstić information content (AvgIpc) is 2.60. The molecule has 0 heterocycles. The van der Waals surface area contributed by atoms with Gasteiger partial charge in [0.15, 0.2) is 0 Å². The molecule has 10 unspecified atom stereocenters. The maximum absolute atomic E-state index is 11.0. The highest BCUT2D eigenvalue weighted by Gasteiger charge is 2.43. The van der Waals surface area contributed by atoms with Gasteiger partial charge >= 0.3 is 0 Å². The molecule has 0 saturated heterocycles. The molecule has 0 spiro atoms. The summed E-state index contributed by atoms with van der Waals surface area (Å²) in [4.78, 5) is 0. The molecule has 0 aromatic heterocycles. The molecule has 0 aliphatic heterocycles. The van der Waals surface area contributed by atoms with Gasteiger partial charge in [-0.05, 0) is 92.3 Å². The maximum Gasteiger partial charge on any atom is 0.0573 e. The summed E-state index contributed by atoms with van der Waals surface area (Å²) < 4.78 is 0. The first-order valence-electron chi connectivity index (χ1n) is 12.3. The van der Waals surface area contributed by atoms with Crippen molar-refractivity contribution in [2.24, 2.45) is 47.3 Å². The van der Waals surface area contributed by atoms with E-state index in [1.54, 1.807) is 0 Å². The van der Waals surface area contributed by atoms with E-state index >= 15 is 0 Å². The van der Waals surface area contributed by atoms with E-state index in [2.05, 4.69) is 27.7 Å². The summed E-state index contributed by atoms with van der Waals surface area (Å²) in [6, 6.07) is 0. The third kappa shape index (κ3) is 5.32. The molecule has 3 rings (SSSR count). The Morgan fingerprint density at radius 2 is 0.964 bits per heavy atom. The quantitative estimate of drug-likeness (QED) is 0.613. The van der Waals surface area contributed by atoms with Gasteiger partial charge in [-0.3, -0.25) is 0 Å². The summed E-state index contributed by atoms with van der Waals surface area (Å²) in [5.74, 6) is 3.76. The minimum atomic E-state index is -0.219. The van der Waals surface area contributed by atoms with Gasteiger partial charge in [-0.2, -0.15) is 0 Å². The van der Waals surface area contributed by atoms with E-state index < -0.39 is 0 Å². The second-order valence-corrected chi connectivity index (χ2v) is 11.3. The molecule has 3 heteroatoms. The molecular weight excluding hydrogens is 348 g/mol. The van der Waals surface area contributed by atoms with Gasteiger partial charge in [-0.1, -0.05) is 47.0 Å². The van der Waals surface area contributed by atoms with Crippen molar-refractivity contribution in [2.75, 3.05) is 0 Å². The monoisotopic (exact) mass is 394 g/mol. The summed E-state index contributed by atoms with van der Waals surface area (Å²) in [6.07, 6.45) is 10.2. The lowest BCUT2D eigenvalue weighted by atomic mass is 9.61. The van der Waals surface area contributed by atoms with Crippen LogP contribution in [0, 0.1) is 47.3 Å². The summed E-state index contributed by atoms with van der Waals surface area (Å²) in [6.45, 7) is 9.10. The molecule has 3 aliphatic rings. The van der Waals surface area contributed by atoms with Crippen LogP contribution in [0.5, 0.6) is 0 Å². The molecule has 0 bridgehead atoms. The molecule has 3 fully saturated rings. The zero-order valence-electron chi connectivity index (χ0n) is 18.8. The van der Waals surface area contributed by atoms with Crippen molar-refractivity contribution in [2.45, 2.75) is 110 Å². The van der Waals surface area contributed by atoms with Crippen molar-refractivity contribution in [1.29, 1.82) is 0 Å². The van der Waals surface area contributed by atoms with Gasteiger partial charge in [0.1, 0.15) is 0 Å². The van der Waals surface area contributed by atoms with Crippen LogP contribution in [-0.2, 0) is 0 Å². The smallest absolute Gasteiger partial charge is 0.0573 e. The third-order valence-corrected chi connectivity index (χ3v) is 8.87. The second-order valence-electron chi connectivity index (χ2n) is 11.3. The van der Waals surface area contributed by atoms with Gasteiger partial charge in [0, 0.05) is 0 Å². The van der Waals surface area contributed by atoms with Crippen molar-refractivity contribution in [3.63, 3.8) is 0 Å². The SMILES string of the molecule is CC1CCC(C(C)CC(C2CCC(C)CC2O)C2CCC(C)CC2O)C(O)C1. The Morgan fingerprint density at radius 1 is 0.607 bits per heavy atom. The standard InChI is InChI=1S/C25H46O3/c1-15-5-8-19(23(26)11-15)18(4)14-22(20-9-6-16(2)12-24(20)27)21-10-7-17(3)13-25(21)28/h15-28H,5-14H2,1-4H3. The van der Waals surface area contributed by atoms with Gasteiger partial charge in [-0.15, -0.1) is 0 Å². The normalized spacial score (nSPS) is 47.5. The predicted molar refractivity (Wildman–Crippen MR) is 115 cm³/mol. The first kappa shape index (κ1) is 22.6. The van der Waals surface area contributed by atoms with E-state index in [1.165, 1.54) is 19.3 Å². The van der Waals surface area contributed by atoms with Crippen LogP contribution >= 0.6 is 0 Å². The molecule has 0 radical (unpaired) electrons. The molecule has 28 heavy (non-hydrogen) atoms. The molecule has 3 nitrogen and oxygen atoms in total. The van der Waals surface area contributed by atoms with Gasteiger partial charge in [0.2, 0.25) is 0 Å². The minimum absolute atomic E-state index is 0.174. The topological polar surface area (TPSA) is 60.7 Å². The summed E-state index contributed by atoms with van der Waals surface area (Å²) in [7, 11) is 0. The Balaban J connectivity index is 1.74. The molecule has 3 saturated carbocycles. The molecule has 10 atom stereocenters. The highest BCUT2D eigenvalue weighted by Crippen LogP contribution is 2.47. The van der Waals surface area contributed by atoms with Gasteiger partial charge in [0.05, 0.1) is 18.3 Å². The van der Waals surface area contributed by atoms with Crippen molar-refractivity contribution in [3.05, 3.63) is 0 Å². The Hall–Kier alpha value is -0.120. The third-order valence-electron chi connectivity index (χ3n) is 8.87. The van der Waals surface area contributed by atoms with Crippen LogP contribution in [0.3, 0.4) is 0 Å². The lowest BCUT2D eigenvalue weighted by molar-refractivity contribution is -0.0616. The van der Waals surface area contributed by atoms with Crippen molar-refractivity contribution in [3.8, 4) is 0 Å². The first-order valence-corrected chi connectivity index (χ1v) is 12.3. The van der Waals surface area contributed by atoms with E-state index in [0.717, 1.165) is 44.9 Å². The van der Waals surface area contributed by atoms with Crippen molar-refractivity contribution in [1.82, 2.24) is 0 Å². The van der Waals surface area contributed by atoms with Crippen molar-refractivity contribution >= 4 is 0 Å². The summed E-state index contributed by atoms with van der Waals surface area (Å²) in [5, 5.41) is 32.6. The minimum Gasteiger partial charge on any atom is -0.393 e. The van der Waals surface area contributed by atoms with Crippen LogP contribution in [0.15, 0.2) is 0 Å². The Kier molecular flexibility index (Phi) is 7.89. The van der Waals surface area contributed by atoms with E-state index in [4.69, 9.17) is 0 Å². The lowest BCUT2D eigenvalue weighted by Gasteiger charge is -2.46. The predicted octanol–water partition coefficient (Wildman–Crippen LogP) is 5.02. The van der Waals surface area contributed by atoms with Crippen LogP contribution in [0.25, 0.3) is 0 Å². The zero-order chi connectivity index (χ0) is 20.4. The summed E-state index contributed by atoms with van der Waals surface area (Å²) in [5.41, 5.74) is 0. The second kappa shape index (κ2) is 9.79. The molecule has 0 aromatic carbocycles. The molecule has 3 aliphatic carbocycles. The van der Waals surface area contributed by atoms with Crippen LogP contribution in [0.1, 0.15) is 91.9 Å².